The second kappa shape index (κ2) is 7.72. The predicted octanol–water partition coefficient (Wildman–Crippen LogP) is 1.72. The predicted molar refractivity (Wildman–Crippen MR) is 81.8 cm³/mol. The van der Waals surface area contributed by atoms with Gasteiger partial charge in [0, 0.05) is 19.1 Å². The van der Waals surface area contributed by atoms with E-state index in [1.807, 2.05) is 20.8 Å². The van der Waals surface area contributed by atoms with Crippen molar-refractivity contribution in [2.45, 2.75) is 40.2 Å². The number of nitrogens with one attached hydrogen (secondary N) is 1. The first kappa shape index (κ1) is 17.1. The van der Waals surface area contributed by atoms with E-state index in [2.05, 4.69) is 15.3 Å². The lowest BCUT2D eigenvalue weighted by Gasteiger charge is -2.27. The summed E-state index contributed by atoms with van der Waals surface area (Å²) < 4.78 is 0. The second-order valence-corrected chi connectivity index (χ2v) is 5.00. The van der Waals surface area contributed by atoms with Crippen LogP contribution in [0.5, 0.6) is 0 Å². The van der Waals surface area contributed by atoms with Crippen molar-refractivity contribution in [3.05, 3.63) is 15.8 Å². The zero-order chi connectivity index (χ0) is 16.0. The number of aliphatic hydroxyl groups is 1. The molecule has 0 amide bonds. The molecule has 0 saturated heterocycles. The number of aromatic nitrogens is 2. The van der Waals surface area contributed by atoms with Crippen molar-refractivity contribution in [3.63, 3.8) is 0 Å². The molecule has 1 aromatic rings. The van der Waals surface area contributed by atoms with Crippen LogP contribution in [0, 0.1) is 17.0 Å². The number of aliphatic hydroxyl groups excluding tert-OH is 1. The summed E-state index contributed by atoms with van der Waals surface area (Å²) in [5.74, 6) is 0.619. The summed E-state index contributed by atoms with van der Waals surface area (Å²) in [7, 11) is 0. The molecule has 0 aliphatic carbocycles. The summed E-state index contributed by atoms with van der Waals surface area (Å²) in [5.41, 5.74) is 0.200. The fourth-order valence-electron chi connectivity index (χ4n) is 2.00. The molecule has 0 radical (unpaired) electrons. The molecule has 21 heavy (non-hydrogen) atoms. The smallest absolute Gasteiger partial charge is 0.332 e. The number of hydrogen-bond acceptors (Lipinski definition) is 7. The highest BCUT2D eigenvalue weighted by Gasteiger charge is 2.27. The lowest BCUT2D eigenvalue weighted by atomic mass is 10.2. The molecule has 0 atom stereocenters. The van der Waals surface area contributed by atoms with Crippen molar-refractivity contribution >= 4 is 17.5 Å². The fourth-order valence-corrected chi connectivity index (χ4v) is 2.00. The van der Waals surface area contributed by atoms with E-state index in [-0.39, 0.29) is 30.7 Å². The first-order chi connectivity index (χ1) is 9.92. The summed E-state index contributed by atoms with van der Waals surface area (Å²) in [4.78, 5) is 21.0. The van der Waals surface area contributed by atoms with Gasteiger partial charge in [-0.3, -0.25) is 10.1 Å². The molecule has 0 spiro atoms. The number of nitrogens with zero attached hydrogens (tertiary/aromatic N) is 4. The maximum absolute atomic E-state index is 11.3. The summed E-state index contributed by atoms with van der Waals surface area (Å²) in [5, 5.41) is 23.5. The van der Waals surface area contributed by atoms with Gasteiger partial charge < -0.3 is 15.3 Å². The quantitative estimate of drug-likeness (QED) is 0.556. The average molecular weight is 297 g/mol. The SMILES string of the molecule is CCCNc1nc(C)c([N+](=O)[O-])c(N(CCO)C(C)C)n1. The largest absolute Gasteiger partial charge is 0.395 e. The van der Waals surface area contributed by atoms with Crippen LogP contribution in [0.1, 0.15) is 32.9 Å². The van der Waals surface area contributed by atoms with Crippen LogP contribution < -0.4 is 10.2 Å². The van der Waals surface area contributed by atoms with Crippen LogP contribution in [-0.4, -0.2) is 45.7 Å². The maximum atomic E-state index is 11.3. The van der Waals surface area contributed by atoms with E-state index in [1.54, 1.807) is 11.8 Å². The van der Waals surface area contributed by atoms with Gasteiger partial charge in [0.15, 0.2) is 0 Å². The zero-order valence-electron chi connectivity index (χ0n) is 13.0. The Balaban J connectivity index is 3.35. The Bertz CT molecular complexity index is 493. The monoisotopic (exact) mass is 297 g/mol. The fraction of sp³-hybridized carbons (Fsp3) is 0.692. The molecule has 0 bridgehead atoms. The number of hydrogen-bond donors (Lipinski definition) is 2. The molecule has 8 nitrogen and oxygen atoms in total. The number of aryl methyl sites for hydroxylation is 1. The summed E-state index contributed by atoms with van der Waals surface area (Å²) in [6.45, 7) is 8.28. The standard InChI is InChI=1S/C13H23N5O3/c1-5-6-14-13-15-10(4)11(18(20)21)12(16-13)17(7-8-19)9(2)3/h9,19H,5-8H2,1-4H3,(H,14,15,16). The van der Waals surface area contributed by atoms with E-state index in [0.717, 1.165) is 6.42 Å². The van der Waals surface area contributed by atoms with Gasteiger partial charge in [-0.15, -0.1) is 0 Å². The Labute approximate surface area is 124 Å². The Morgan fingerprint density at radius 1 is 1.43 bits per heavy atom. The molecule has 0 saturated carbocycles. The number of nitro groups is 1. The molecule has 0 aliphatic heterocycles. The van der Waals surface area contributed by atoms with Gasteiger partial charge in [-0.2, -0.15) is 4.98 Å². The van der Waals surface area contributed by atoms with E-state index < -0.39 is 4.92 Å². The molecule has 118 valence electrons. The average Bonchev–Trinajstić information content (AvgIpc) is 2.40. The molecule has 0 aromatic carbocycles. The van der Waals surface area contributed by atoms with Gasteiger partial charge in [0.25, 0.3) is 0 Å². The van der Waals surface area contributed by atoms with Crippen molar-refractivity contribution < 1.29 is 10.0 Å². The third-order valence-corrected chi connectivity index (χ3v) is 2.99. The minimum absolute atomic E-state index is 0.0239. The molecular formula is C13H23N5O3. The third kappa shape index (κ3) is 4.25. The van der Waals surface area contributed by atoms with Gasteiger partial charge in [-0.1, -0.05) is 6.92 Å². The van der Waals surface area contributed by atoms with Crippen molar-refractivity contribution in [2.75, 3.05) is 29.9 Å². The summed E-state index contributed by atoms with van der Waals surface area (Å²) >= 11 is 0. The maximum Gasteiger partial charge on any atom is 0.332 e. The molecule has 0 fully saturated rings. The molecule has 1 aromatic heterocycles. The Morgan fingerprint density at radius 2 is 2.10 bits per heavy atom. The third-order valence-electron chi connectivity index (χ3n) is 2.99. The lowest BCUT2D eigenvalue weighted by molar-refractivity contribution is -0.385. The minimum atomic E-state index is -0.471. The van der Waals surface area contributed by atoms with Crippen molar-refractivity contribution in [1.82, 2.24) is 9.97 Å². The topological polar surface area (TPSA) is 104 Å². The van der Waals surface area contributed by atoms with Gasteiger partial charge in [-0.05, 0) is 27.2 Å². The molecule has 1 rings (SSSR count). The van der Waals surface area contributed by atoms with Crippen LogP contribution in [0.2, 0.25) is 0 Å². The van der Waals surface area contributed by atoms with Gasteiger partial charge in [0.05, 0.1) is 11.5 Å². The van der Waals surface area contributed by atoms with Crippen LogP contribution >= 0.6 is 0 Å². The highest BCUT2D eigenvalue weighted by atomic mass is 16.6. The Morgan fingerprint density at radius 3 is 2.57 bits per heavy atom. The van der Waals surface area contributed by atoms with E-state index in [0.29, 0.717) is 18.2 Å². The number of rotatable bonds is 8. The van der Waals surface area contributed by atoms with E-state index in [9.17, 15) is 15.2 Å². The van der Waals surface area contributed by atoms with E-state index in [1.165, 1.54) is 0 Å². The van der Waals surface area contributed by atoms with Crippen LogP contribution in [0.4, 0.5) is 17.5 Å². The zero-order valence-corrected chi connectivity index (χ0v) is 13.0. The molecule has 0 aliphatic rings. The van der Waals surface area contributed by atoms with E-state index >= 15 is 0 Å². The van der Waals surface area contributed by atoms with Crippen LogP contribution in [0.25, 0.3) is 0 Å². The Hall–Kier alpha value is -1.96. The lowest BCUT2D eigenvalue weighted by Crippen LogP contribution is -2.35. The van der Waals surface area contributed by atoms with Crippen LogP contribution in [0.3, 0.4) is 0 Å². The molecule has 0 unspecified atom stereocenters. The van der Waals surface area contributed by atoms with Gasteiger partial charge in [-0.25, -0.2) is 4.98 Å². The molecular weight excluding hydrogens is 274 g/mol. The van der Waals surface area contributed by atoms with Gasteiger partial charge >= 0.3 is 5.69 Å². The molecule has 8 heteroatoms. The van der Waals surface area contributed by atoms with Crippen molar-refractivity contribution in [3.8, 4) is 0 Å². The van der Waals surface area contributed by atoms with Crippen LogP contribution in [-0.2, 0) is 0 Å². The van der Waals surface area contributed by atoms with Gasteiger partial charge in [0.2, 0.25) is 11.8 Å². The Kier molecular flexibility index (Phi) is 6.29. The molecule has 1 heterocycles. The number of anilines is 2. The van der Waals surface area contributed by atoms with Gasteiger partial charge in [0.1, 0.15) is 5.69 Å². The highest BCUT2D eigenvalue weighted by molar-refractivity contribution is 5.62. The van der Waals surface area contributed by atoms with Crippen molar-refractivity contribution in [1.29, 1.82) is 0 Å². The first-order valence-corrected chi connectivity index (χ1v) is 7.06. The first-order valence-electron chi connectivity index (χ1n) is 7.06. The summed E-state index contributed by atoms with van der Waals surface area (Å²) in [6, 6.07) is -0.0239. The molecule has 2 N–H and O–H groups in total. The van der Waals surface area contributed by atoms with Crippen LogP contribution in [0.15, 0.2) is 0 Å². The van der Waals surface area contributed by atoms with Crippen molar-refractivity contribution in [2.24, 2.45) is 0 Å². The second-order valence-electron chi connectivity index (χ2n) is 5.00. The summed E-state index contributed by atoms with van der Waals surface area (Å²) in [6.07, 6.45) is 0.902. The normalized spacial score (nSPS) is 10.8. The van der Waals surface area contributed by atoms with E-state index in [4.69, 9.17) is 0 Å². The minimum Gasteiger partial charge on any atom is -0.395 e. The highest BCUT2D eigenvalue weighted by Crippen LogP contribution is 2.30.